The Hall–Kier alpha value is -2.68. The Bertz CT molecular complexity index is 758. The summed E-state index contributed by atoms with van der Waals surface area (Å²) in [7, 11) is 0. The van der Waals surface area contributed by atoms with Gasteiger partial charge in [0.15, 0.2) is 0 Å². The zero-order valence-electron chi connectivity index (χ0n) is 12.2. The Labute approximate surface area is 129 Å². The quantitative estimate of drug-likeness (QED) is 0.635. The average molecular weight is 292 g/mol. The van der Waals surface area contributed by atoms with Crippen molar-refractivity contribution in [3.63, 3.8) is 0 Å². The van der Waals surface area contributed by atoms with Crippen LogP contribution in [0.25, 0.3) is 11.3 Å². The lowest BCUT2D eigenvalue weighted by Crippen LogP contribution is -2.04. The van der Waals surface area contributed by atoms with Gasteiger partial charge in [-0.05, 0) is 36.2 Å². The summed E-state index contributed by atoms with van der Waals surface area (Å²) < 4.78 is 15.1. The number of halogens is 1. The summed E-state index contributed by atoms with van der Waals surface area (Å²) in [5.41, 5.74) is 4.26. The smallest absolute Gasteiger partial charge is 0.123 e. The molecule has 0 aliphatic carbocycles. The van der Waals surface area contributed by atoms with Crippen molar-refractivity contribution in [1.29, 1.82) is 0 Å². The molecule has 0 aliphatic heterocycles. The number of nitrogens with zero attached hydrogens (tertiary/aromatic N) is 2. The van der Waals surface area contributed by atoms with Crippen LogP contribution in [0.2, 0.25) is 0 Å². The van der Waals surface area contributed by atoms with Gasteiger partial charge in [0.2, 0.25) is 0 Å². The van der Waals surface area contributed by atoms with Crippen LogP contribution in [-0.4, -0.2) is 9.78 Å². The van der Waals surface area contributed by atoms with Gasteiger partial charge in [-0.3, -0.25) is 4.68 Å². The van der Waals surface area contributed by atoms with Crippen LogP contribution in [0.4, 0.5) is 4.39 Å². The number of rotatable bonds is 5. The maximum atomic E-state index is 13.2. The van der Waals surface area contributed by atoms with Crippen LogP contribution < -0.4 is 0 Å². The van der Waals surface area contributed by atoms with Crippen LogP contribution in [0.1, 0.15) is 11.1 Å². The average Bonchev–Trinajstić information content (AvgIpc) is 2.92. The largest absolute Gasteiger partial charge is 0.260 e. The molecule has 1 heterocycles. The van der Waals surface area contributed by atoms with E-state index in [2.05, 4.69) is 23.8 Å². The lowest BCUT2D eigenvalue weighted by molar-refractivity contribution is 0.627. The first kappa shape index (κ1) is 14.3. The standard InChI is InChI=1S/C19H17FN2/c1-2-6-17-13-21-22(14-15-7-4-3-5-8-15)19(17)16-9-11-18(20)12-10-16/h2-5,7-13H,1,6,14H2. The van der Waals surface area contributed by atoms with E-state index >= 15 is 0 Å². The first-order valence-electron chi connectivity index (χ1n) is 7.23. The summed E-state index contributed by atoms with van der Waals surface area (Å²) in [5, 5.41) is 4.50. The zero-order valence-corrected chi connectivity index (χ0v) is 12.2. The monoisotopic (exact) mass is 292 g/mol. The third-order valence-electron chi connectivity index (χ3n) is 3.57. The Kier molecular flexibility index (Phi) is 4.15. The molecule has 1 aromatic heterocycles. The minimum absolute atomic E-state index is 0.233. The molecule has 3 aromatic rings. The fourth-order valence-electron chi connectivity index (χ4n) is 2.55. The summed E-state index contributed by atoms with van der Waals surface area (Å²) in [4.78, 5) is 0. The van der Waals surface area contributed by atoms with E-state index < -0.39 is 0 Å². The van der Waals surface area contributed by atoms with Crippen LogP contribution in [0.3, 0.4) is 0 Å². The number of allylic oxidation sites excluding steroid dienone is 1. The van der Waals surface area contributed by atoms with Crippen LogP contribution in [0.15, 0.2) is 73.4 Å². The number of hydrogen-bond donors (Lipinski definition) is 0. The van der Waals surface area contributed by atoms with E-state index in [1.807, 2.05) is 35.2 Å². The van der Waals surface area contributed by atoms with Crippen molar-refractivity contribution in [1.82, 2.24) is 9.78 Å². The van der Waals surface area contributed by atoms with Gasteiger partial charge >= 0.3 is 0 Å². The molecule has 0 N–H and O–H groups in total. The van der Waals surface area contributed by atoms with E-state index in [9.17, 15) is 4.39 Å². The van der Waals surface area contributed by atoms with Gasteiger partial charge in [-0.2, -0.15) is 5.10 Å². The predicted molar refractivity (Wildman–Crippen MR) is 87.1 cm³/mol. The number of aromatic nitrogens is 2. The van der Waals surface area contributed by atoms with Crippen molar-refractivity contribution in [3.05, 3.63) is 90.4 Å². The molecule has 0 fully saturated rings. The molecule has 0 bridgehead atoms. The molecule has 0 saturated heterocycles. The highest BCUT2D eigenvalue weighted by atomic mass is 19.1. The van der Waals surface area contributed by atoms with Crippen molar-refractivity contribution in [3.8, 4) is 11.3 Å². The van der Waals surface area contributed by atoms with Gasteiger partial charge in [0.05, 0.1) is 18.4 Å². The van der Waals surface area contributed by atoms with Crippen molar-refractivity contribution < 1.29 is 4.39 Å². The summed E-state index contributed by atoms with van der Waals surface area (Å²) in [6, 6.07) is 16.7. The van der Waals surface area contributed by atoms with E-state index in [0.29, 0.717) is 6.54 Å². The second kappa shape index (κ2) is 6.39. The molecule has 22 heavy (non-hydrogen) atoms. The van der Waals surface area contributed by atoms with Gasteiger partial charge in [-0.15, -0.1) is 6.58 Å². The van der Waals surface area contributed by atoms with E-state index in [0.717, 1.165) is 23.2 Å². The highest BCUT2D eigenvalue weighted by molar-refractivity contribution is 5.63. The lowest BCUT2D eigenvalue weighted by Gasteiger charge is -2.10. The third-order valence-corrected chi connectivity index (χ3v) is 3.57. The van der Waals surface area contributed by atoms with E-state index in [1.54, 1.807) is 12.1 Å². The maximum absolute atomic E-state index is 13.2. The molecular weight excluding hydrogens is 275 g/mol. The second-order valence-corrected chi connectivity index (χ2v) is 5.16. The minimum atomic E-state index is -0.233. The highest BCUT2D eigenvalue weighted by Gasteiger charge is 2.12. The predicted octanol–water partition coefficient (Wildman–Crippen LogP) is 4.47. The first-order valence-corrected chi connectivity index (χ1v) is 7.23. The normalized spacial score (nSPS) is 10.6. The molecule has 0 amide bonds. The van der Waals surface area contributed by atoms with E-state index in [1.165, 1.54) is 17.7 Å². The molecule has 110 valence electrons. The zero-order chi connectivity index (χ0) is 15.4. The van der Waals surface area contributed by atoms with E-state index in [-0.39, 0.29) is 5.82 Å². The van der Waals surface area contributed by atoms with Crippen molar-refractivity contribution in [2.24, 2.45) is 0 Å². The molecule has 0 unspecified atom stereocenters. The Morgan fingerprint density at radius 3 is 2.45 bits per heavy atom. The minimum Gasteiger partial charge on any atom is -0.260 e. The molecule has 0 spiro atoms. The van der Waals surface area contributed by atoms with Gasteiger partial charge in [-0.25, -0.2) is 4.39 Å². The molecule has 0 aliphatic rings. The van der Waals surface area contributed by atoms with Crippen LogP contribution in [0.5, 0.6) is 0 Å². The van der Waals surface area contributed by atoms with Crippen molar-refractivity contribution >= 4 is 0 Å². The molecule has 2 nitrogen and oxygen atoms in total. The molecule has 0 saturated carbocycles. The van der Waals surface area contributed by atoms with Crippen molar-refractivity contribution in [2.75, 3.05) is 0 Å². The van der Waals surface area contributed by atoms with Gasteiger partial charge in [0.25, 0.3) is 0 Å². The van der Waals surface area contributed by atoms with Crippen LogP contribution in [0, 0.1) is 5.82 Å². The molecular formula is C19H17FN2. The van der Waals surface area contributed by atoms with Crippen molar-refractivity contribution in [2.45, 2.75) is 13.0 Å². The molecule has 2 aromatic carbocycles. The van der Waals surface area contributed by atoms with Gasteiger partial charge in [0.1, 0.15) is 5.82 Å². The molecule has 3 rings (SSSR count). The number of hydrogen-bond acceptors (Lipinski definition) is 1. The third kappa shape index (κ3) is 2.98. The van der Waals surface area contributed by atoms with Crippen LogP contribution >= 0.6 is 0 Å². The first-order chi connectivity index (χ1) is 10.8. The Morgan fingerprint density at radius 1 is 1.05 bits per heavy atom. The summed E-state index contributed by atoms with van der Waals surface area (Å²) in [6.45, 7) is 4.49. The van der Waals surface area contributed by atoms with E-state index in [4.69, 9.17) is 0 Å². The summed E-state index contributed by atoms with van der Waals surface area (Å²) in [6.07, 6.45) is 4.46. The fraction of sp³-hybridized carbons (Fsp3) is 0.105. The Balaban J connectivity index is 2.03. The maximum Gasteiger partial charge on any atom is 0.123 e. The lowest BCUT2D eigenvalue weighted by atomic mass is 10.1. The van der Waals surface area contributed by atoms with Gasteiger partial charge in [-0.1, -0.05) is 36.4 Å². The van der Waals surface area contributed by atoms with Gasteiger partial charge in [0, 0.05) is 11.1 Å². The van der Waals surface area contributed by atoms with Crippen LogP contribution in [-0.2, 0) is 13.0 Å². The topological polar surface area (TPSA) is 17.8 Å². The Morgan fingerprint density at radius 2 is 1.77 bits per heavy atom. The fourth-order valence-corrected chi connectivity index (χ4v) is 2.55. The molecule has 0 radical (unpaired) electrons. The summed E-state index contributed by atoms with van der Waals surface area (Å²) in [5.74, 6) is -0.233. The SMILES string of the molecule is C=CCc1cnn(Cc2ccccc2)c1-c1ccc(F)cc1. The molecule has 3 heteroatoms. The highest BCUT2D eigenvalue weighted by Crippen LogP contribution is 2.25. The molecule has 0 atom stereocenters. The number of benzene rings is 2. The second-order valence-electron chi connectivity index (χ2n) is 5.16. The summed E-state index contributed by atoms with van der Waals surface area (Å²) >= 11 is 0. The van der Waals surface area contributed by atoms with Gasteiger partial charge < -0.3 is 0 Å².